The van der Waals surface area contributed by atoms with Crippen LogP contribution in [0.25, 0.3) is 0 Å². The van der Waals surface area contributed by atoms with Gasteiger partial charge < -0.3 is 11.5 Å². The van der Waals surface area contributed by atoms with Crippen molar-refractivity contribution in [2.24, 2.45) is 11.5 Å². The molecule has 0 saturated heterocycles. The van der Waals surface area contributed by atoms with Gasteiger partial charge in [-0.15, -0.1) is 0 Å². The van der Waals surface area contributed by atoms with Crippen LogP contribution in [0.1, 0.15) is 19.3 Å². The third-order valence-corrected chi connectivity index (χ3v) is 1.17. The van der Waals surface area contributed by atoms with Gasteiger partial charge in [0.15, 0.2) is 0 Å². The lowest BCUT2D eigenvalue weighted by Crippen LogP contribution is -2.36. The maximum Gasteiger partial charge on any atom is 0.234 e. The largest absolute Gasteiger partial charge is 0.368 e. The van der Waals surface area contributed by atoms with Crippen LogP contribution in [-0.2, 0) is 4.79 Å². The molecule has 0 saturated carbocycles. The minimum atomic E-state index is -0.589. The van der Waals surface area contributed by atoms with Gasteiger partial charge in [0.25, 0.3) is 0 Å². The molecule has 4 nitrogen and oxygen atoms in total. The highest BCUT2D eigenvalue weighted by Crippen LogP contribution is 1.96. The summed E-state index contributed by atoms with van der Waals surface area (Å²) in [6.07, 6.45) is 1.57. The number of carbonyl (C=O) groups excluding carboxylic acids is 1. The summed E-state index contributed by atoms with van der Waals surface area (Å²) >= 11 is 0. The number of hydrogen-bond donors (Lipinski definition) is 2. The van der Waals surface area contributed by atoms with Crippen LogP contribution < -0.4 is 11.5 Å². The molecule has 4 heteroatoms. The minimum absolute atomic E-state index is 0.432. The molecule has 0 spiro atoms. The van der Waals surface area contributed by atoms with Gasteiger partial charge in [0.1, 0.15) is 0 Å². The molecule has 0 bridgehead atoms. The van der Waals surface area contributed by atoms with Crippen molar-refractivity contribution in [1.29, 1.82) is 5.26 Å². The Morgan fingerprint density at radius 1 is 1.70 bits per heavy atom. The maximum atomic E-state index is 10.3. The molecule has 0 fully saturated rings. The van der Waals surface area contributed by atoms with Crippen molar-refractivity contribution in [2.75, 3.05) is 0 Å². The van der Waals surface area contributed by atoms with E-state index in [-0.39, 0.29) is 0 Å². The molecule has 1 unspecified atom stereocenters. The second-order valence-corrected chi connectivity index (χ2v) is 2.06. The molecule has 0 aliphatic heterocycles. The number of amides is 1. The number of nitrogens with two attached hydrogens (primary N) is 2. The second kappa shape index (κ2) is 4.77. The van der Waals surface area contributed by atoms with Crippen LogP contribution in [0.5, 0.6) is 0 Å². The van der Waals surface area contributed by atoms with Gasteiger partial charge in [-0.05, 0) is 12.8 Å². The number of nitriles is 1. The van der Waals surface area contributed by atoms with Gasteiger partial charge in [-0.2, -0.15) is 5.26 Å². The first-order valence-corrected chi connectivity index (χ1v) is 3.10. The molecule has 1 amide bonds. The maximum absolute atomic E-state index is 10.3. The fraction of sp³-hybridized carbons (Fsp3) is 0.667. The van der Waals surface area contributed by atoms with Gasteiger partial charge >= 0.3 is 0 Å². The van der Waals surface area contributed by atoms with E-state index in [0.717, 1.165) is 0 Å². The zero-order chi connectivity index (χ0) is 7.98. The highest BCUT2D eigenvalue weighted by Gasteiger charge is 2.06. The highest BCUT2D eigenvalue weighted by molar-refractivity contribution is 5.79. The average molecular weight is 141 g/mol. The number of rotatable bonds is 4. The van der Waals surface area contributed by atoms with Crippen LogP contribution in [0.4, 0.5) is 0 Å². The van der Waals surface area contributed by atoms with Crippen molar-refractivity contribution in [3.05, 3.63) is 0 Å². The average Bonchev–Trinajstić information content (AvgIpc) is 1.88. The quantitative estimate of drug-likeness (QED) is 0.516. The van der Waals surface area contributed by atoms with Crippen molar-refractivity contribution in [1.82, 2.24) is 0 Å². The van der Waals surface area contributed by atoms with E-state index in [9.17, 15) is 4.79 Å². The van der Waals surface area contributed by atoms with Crippen LogP contribution in [0.15, 0.2) is 0 Å². The molecule has 0 rings (SSSR count). The van der Waals surface area contributed by atoms with Crippen molar-refractivity contribution in [2.45, 2.75) is 25.3 Å². The van der Waals surface area contributed by atoms with Crippen molar-refractivity contribution in [3.8, 4) is 6.07 Å². The van der Waals surface area contributed by atoms with Crippen LogP contribution in [0.3, 0.4) is 0 Å². The molecule has 0 heterocycles. The van der Waals surface area contributed by atoms with E-state index >= 15 is 0 Å². The van der Waals surface area contributed by atoms with Crippen LogP contribution in [-0.4, -0.2) is 11.9 Å². The Morgan fingerprint density at radius 2 is 2.30 bits per heavy atom. The van der Waals surface area contributed by atoms with Gasteiger partial charge in [-0.3, -0.25) is 4.79 Å². The lowest BCUT2D eigenvalue weighted by Gasteiger charge is -2.03. The summed E-state index contributed by atoms with van der Waals surface area (Å²) in [6, 6.07) is 1.36. The van der Waals surface area contributed by atoms with Crippen LogP contribution in [0.2, 0.25) is 0 Å². The van der Waals surface area contributed by atoms with Gasteiger partial charge in [0, 0.05) is 6.42 Å². The highest BCUT2D eigenvalue weighted by atomic mass is 16.1. The van der Waals surface area contributed by atoms with E-state index in [0.29, 0.717) is 19.3 Å². The molecule has 0 aliphatic carbocycles. The fourth-order valence-corrected chi connectivity index (χ4v) is 0.543. The predicted molar refractivity (Wildman–Crippen MR) is 36.6 cm³/mol. The van der Waals surface area contributed by atoms with Gasteiger partial charge in [0.05, 0.1) is 12.1 Å². The summed E-state index contributed by atoms with van der Waals surface area (Å²) in [5.41, 5.74) is 10.1. The zero-order valence-corrected chi connectivity index (χ0v) is 5.71. The first-order chi connectivity index (χ1) is 4.68. The van der Waals surface area contributed by atoms with Crippen molar-refractivity contribution in [3.63, 3.8) is 0 Å². The smallest absolute Gasteiger partial charge is 0.234 e. The third-order valence-electron chi connectivity index (χ3n) is 1.17. The normalized spacial score (nSPS) is 12.0. The molecule has 0 radical (unpaired) electrons. The molecule has 10 heavy (non-hydrogen) atoms. The summed E-state index contributed by atoms with van der Waals surface area (Å²) in [4.78, 5) is 10.3. The molecule has 4 N–H and O–H groups in total. The number of unbranched alkanes of at least 4 members (excludes halogenated alkanes) is 1. The van der Waals surface area contributed by atoms with Crippen LogP contribution >= 0.6 is 0 Å². The monoisotopic (exact) mass is 141 g/mol. The fourth-order valence-electron chi connectivity index (χ4n) is 0.543. The lowest BCUT2D eigenvalue weighted by atomic mass is 10.1. The standard InChI is InChI=1S/C6H11N3O/c7-4-2-1-3-5(8)6(9)10/h5H,1-3,8H2,(H2,9,10). The molecule has 0 aromatic heterocycles. The number of nitrogens with zero attached hydrogens (tertiary/aromatic N) is 1. The van der Waals surface area contributed by atoms with Gasteiger partial charge in [0.2, 0.25) is 5.91 Å². The Hall–Kier alpha value is -1.08. The first-order valence-electron chi connectivity index (χ1n) is 3.10. The van der Waals surface area contributed by atoms with Gasteiger partial charge in [-0.25, -0.2) is 0 Å². The van der Waals surface area contributed by atoms with Gasteiger partial charge in [-0.1, -0.05) is 0 Å². The van der Waals surface area contributed by atoms with Crippen molar-refractivity contribution < 1.29 is 4.79 Å². The van der Waals surface area contributed by atoms with E-state index in [1.807, 2.05) is 6.07 Å². The van der Waals surface area contributed by atoms with Crippen molar-refractivity contribution >= 4 is 5.91 Å². The van der Waals surface area contributed by atoms with E-state index in [2.05, 4.69) is 0 Å². The Labute approximate surface area is 59.8 Å². The second-order valence-electron chi connectivity index (χ2n) is 2.06. The van der Waals surface area contributed by atoms with E-state index in [1.54, 1.807) is 0 Å². The Bertz CT molecular complexity index is 150. The first kappa shape index (κ1) is 8.92. The SMILES string of the molecule is N#CCCCC(N)C(N)=O. The lowest BCUT2D eigenvalue weighted by molar-refractivity contribution is -0.119. The Kier molecular flexibility index (Phi) is 4.25. The molecule has 1 atom stereocenters. The number of carbonyl (C=O) groups is 1. The summed E-state index contributed by atoms with van der Waals surface area (Å²) in [6.45, 7) is 0. The summed E-state index contributed by atoms with van der Waals surface area (Å²) in [5, 5.41) is 8.11. The topological polar surface area (TPSA) is 92.9 Å². The summed E-state index contributed by atoms with van der Waals surface area (Å²) in [5.74, 6) is -0.502. The molecule has 56 valence electrons. The summed E-state index contributed by atoms with van der Waals surface area (Å²) < 4.78 is 0. The number of hydrogen-bond acceptors (Lipinski definition) is 3. The molecule has 0 aromatic carbocycles. The number of primary amides is 1. The van der Waals surface area contributed by atoms with E-state index < -0.39 is 11.9 Å². The molecule has 0 aromatic rings. The summed E-state index contributed by atoms with van der Waals surface area (Å²) in [7, 11) is 0. The Balaban J connectivity index is 3.32. The molecular weight excluding hydrogens is 130 g/mol. The zero-order valence-electron chi connectivity index (χ0n) is 5.71. The van der Waals surface area contributed by atoms with Crippen LogP contribution in [0, 0.1) is 11.3 Å². The molecule has 0 aliphatic rings. The predicted octanol–water partition coefficient (Wildman–Crippen LogP) is -0.507. The molecular formula is C6H11N3O. The Morgan fingerprint density at radius 3 is 2.70 bits per heavy atom. The third kappa shape index (κ3) is 3.87. The van der Waals surface area contributed by atoms with E-state index in [4.69, 9.17) is 16.7 Å². The minimum Gasteiger partial charge on any atom is -0.368 e. The van der Waals surface area contributed by atoms with E-state index in [1.165, 1.54) is 0 Å².